The Morgan fingerprint density at radius 2 is 2.08 bits per heavy atom. The van der Waals surface area contributed by atoms with Gasteiger partial charge in [0.15, 0.2) is 0 Å². The summed E-state index contributed by atoms with van der Waals surface area (Å²) in [4.78, 5) is 11.0. The molecular formula is C8H18ClNO2. The molecule has 0 aromatic carbocycles. The van der Waals surface area contributed by atoms with Crippen molar-refractivity contribution in [3.8, 4) is 0 Å². The van der Waals surface area contributed by atoms with Crippen LogP contribution in [0.1, 0.15) is 26.2 Å². The van der Waals surface area contributed by atoms with Crippen LogP contribution in [0.5, 0.6) is 0 Å². The van der Waals surface area contributed by atoms with Gasteiger partial charge in [0, 0.05) is 0 Å². The SMILES string of the molecule is CCCC(CCN)C(=O)OC.Cl. The Bertz CT molecular complexity index is 114. The van der Waals surface area contributed by atoms with Gasteiger partial charge in [-0.25, -0.2) is 0 Å². The van der Waals surface area contributed by atoms with E-state index < -0.39 is 0 Å². The highest BCUT2D eigenvalue weighted by Crippen LogP contribution is 2.11. The summed E-state index contributed by atoms with van der Waals surface area (Å²) in [5, 5.41) is 0. The minimum atomic E-state index is -0.127. The maximum absolute atomic E-state index is 11.0. The van der Waals surface area contributed by atoms with Gasteiger partial charge in [-0.2, -0.15) is 0 Å². The van der Waals surface area contributed by atoms with Gasteiger partial charge in [-0.3, -0.25) is 4.79 Å². The molecule has 0 amide bonds. The van der Waals surface area contributed by atoms with Crippen LogP contribution in [0.3, 0.4) is 0 Å². The van der Waals surface area contributed by atoms with Crippen LogP contribution < -0.4 is 5.73 Å². The zero-order chi connectivity index (χ0) is 8.69. The van der Waals surface area contributed by atoms with E-state index in [2.05, 4.69) is 4.74 Å². The zero-order valence-electron chi connectivity index (χ0n) is 7.71. The average molecular weight is 196 g/mol. The minimum Gasteiger partial charge on any atom is -0.469 e. The van der Waals surface area contributed by atoms with E-state index in [1.807, 2.05) is 6.92 Å². The second-order valence-electron chi connectivity index (χ2n) is 2.59. The Labute approximate surface area is 80.1 Å². The van der Waals surface area contributed by atoms with E-state index in [0.717, 1.165) is 19.3 Å². The van der Waals surface area contributed by atoms with E-state index in [1.54, 1.807) is 0 Å². The standard InChI is InChI=1S/C8H17NO2.ClH/c1-3-4-7(5-6-9)8(10)11-2;/h7H,3-6,9H2,1-2H3;1H. The van der Waals surface area contributed by atoms with Crippen molar-refractivity contribution in [1.82, 2.24) is 0 Å². The van der Waals surface area contributed by atoms with Gasteiger partial charge < -0.3 is 10.5 Å². The molecule has 0 saturated heterocycles. The third-order valence-corrected chi connectivity index (χ3v) is 1.69. The zero-order valence-corrected chi connectivity index (χ0v) is 8.52. The van der Waals surface area contributed by atoms with Crippen molar-refractivity contribution in [2.45, 2.75) is 26.2 Å². The fourth-order valence-electron chi connectivity index (χ4n) is 1.10. The highest BCUT2D eigenvalue weighted by atomic mass is 35.5. The van der Waals surface area contributed by atoms with Crippen LogP contribution in [0.4, 0.5) is 0 Å². The number of methoxy groups -OCH3 is 1. The summed E-state index contributed by atoms with van der Waals surface area (Å²) in [6, 6.07) is 0. The highest BCUT2D eigenvalue weighted by Gasteiger charge is 2.16. The number of esters is 1. The largest absolute Gasteiger partial charge is 0.469 e. The maximum Gasteiger partial charge on any atom is 0.308 e. The van der Waals surface area contributed by atoms with E-state index in [-0.39, 0.29) is 24.3 Å². The van der Waals surface area contributed by atoms with Gasteiger partial charge in [0.1, 0.15) is 0 Å². The third kappa shape index (κ3) is 5.38. The molecule has 74 valence electrons. The molecule has 2 N–H and O–H groups in total. The lowest BCUT2D eigenvalue weighted by atomic mass is 10.0. The molecule has 0 fully saturated rings. The van der Waals surface area contributed by atoms with Crippen LogP contribution in [-0.4, -0.2) is 19.6 Å². The first-order valence-corrected chi connectivity index (χ1v) is 4.04. The number of hydrogen-bond acceptors (Lipinski definition) is 3. The van der Waals surface area contributed by atoms with Crippen LogP contribution >= 0.6 is 12.4 Å². The van der Waals surface area contributed by atoms with Gasteiger partial charge in [-0.05, 0) is 19.4 Å². The first-order valence-electron chi connectivity index (χ1n) is 4.04. The Balaban J connectivity index is 0. The van der Waals surface area contributed by atoms with Crippen molar-refractivity contribution >= 4 is 18.4 Å². The summed E-state index contributed by atoms with van der Waals surface area (Å²) in [7, 11) is 1.42. The van der Waals surface area contributed by atoms with Crippen molar-refractivity contribution < 1.29 is 9.53 Å². The molecule has 4 heteroatoms. The lowest BCUT2D eigenvalue weighted by molar-refractivity contribution is -0.145. The number of ether oxygens (including phenoxy) is 1. The number of rotatable bonds is 5. The van der Waals surface area contributed by atoms with Crippen LogP contribution in [0, 0.1) is 5.92 Å². The summed E-state index contributed by atoms with van der Waals surface area (Å²) in [6.45, 7) is 2.60. The predicted octanol–water partition coefficient (Wildman–Crippen LogP) is 1.35. The Kier molecular flexibility index (Phi) is 10.5. The highest BCUT2D eigenvalue weighted by molar-refractivity contribution is 5.85. The fourth-order valence-corrected chi connectivity index (χ4v) is 1.10. The lowest BCUT2D eigenvalue weighted by Gasteiger charge is -2.11. The van der Waals surface area contributed by atoms with Crippen LogP contribution in [0.25, 0.3) is 0 Å². The fraction of sp³-hybridized carbons (Fsp3) is 0.875. The van der Waals surface area contributed by atoms with E-state index in [0.29, 0.717) is 6.54 Å². The van der Waals surface area contributed by atoms with Crippen molar-refractivity contribution in [1.29, 1.82) is 0 Å². The lowest BCUT2D eigenvalue weighted by Crippen LogP contribution is -2.19. The molecule has 0 heterocycles. The van der Waals surface area contributed by atoms with E-state index in [1.165, 1.54) is 7.11 Å². The van der Waals surface area contributed by atoms with Crippen molar-refractivity contribution in [2.24, 2.45) is 11.7 Å². The second-order valence-corrected chi connectivity index (χ2v) is 2.59. The van der Waals surface area contributed by atoms with Gasteiger partial charge in [-0.15, -0.1) is 12.4 Å². The summed E-state index contributed by atoms with van der Waals surface area (Å²) in [6.07, 6.45) is 2.62. The van der Waals surface area contributed by atoms with Gasteiger partial charge in [-0.1, -0.05) is 13.3 Å². The predicted molar refractivity (Wildman–Crippen MR) is 51.3 cm³/mol. The van der Waals surface area contributed by atoms with E-state index in [4.69, 9.17) is 5.73 Å². The average Bonchev–Trinajstić information content (AvgIpc) is 2.03. The van der Waals surface area contributed by atoms with Gasteiger partial charge in [0.05, 0.1) is 13.0 Å². The number of hydrogen-bond donors (Lipinski definition) is 1. The Morgan fingerprint density at radius 1 is 1.50 bits per heavy atom. The molecule has 0 spiro atoms. The Hall–Kier alpha value is -0.280. The molecule has 0 aliphatic heterocycles. The van der Waals surface area contributed by atoms with Crippen molar-refractivity contribution in [2.75, 3.05) is 13.7 Å². The van der Waals surface area contributed by atoms with E-state index in [9.17, 15) is 4.79 Å². The summed E-state index contributed by atoms with van der Waals surface area (Å²) >= 11 is 0. The maximum atomic E-state index is 11.0. The molecule has 0 rings (SSSR count). The van der Waals surface area contributed by atoms with Gasteiger partial charge >= 0.3 is 5.97 Å². The number of nitrogens with two attached hydrogens (primary N) is 1. The number of carbonyl (C=O) groups excluding carboxylic acids is 1. The van der Waals surface area contributed by atoms with Gasteiger partial charge in [0.25, 0.3) is 0 Å². The molecule has 3 nitrogen and oxygen atoms in total. The molecule has 0 aromatic heterocycles. The molecule has 0 bridgehead atoms. The molecule has 0 aliphatic carbocycles. The summed E-state index contributed by atoms with van der Waals surface area (Å²) < 4.78 is 4.62. The monoisotopic (exact) mass is 195 g/mol. The smallest absolute Gasteiger partial charge is 0.308 e. The number of carbonyl (C=O) groups is 1. The van der Waals surface area contributed by atoms with Crippen LogP contribution in [0.15, 0.2) is 0 Å². The molecule has 0 saturated carbocycles. The quantitative estimate of drug-likeness (QED) is 0.674. The number of halogens is 1. The molecule has 12 heavy (non-hydrogen) atoms. The summed E-state index contributed by atoms with van der Waals surface area (Å²) in [5.41, 5.74) is 5.34. The molecule has 1 atom stereocenters. The van der Waals surface area contributed by atoms with E-state index >= 15 is 0 Å². The van der Waals surface area contributed by atoms with Crippen molar-refractivity contribution in [3.05, 3.63) is 0 Å². The molecular weight excluding hydrogens is 178 g/mol. The topological polar surface area (TPSA) is 52.3 Å². The first kappa shape index (κ1) is 14.3. The Morgan fingerprint density at radius 3 is 2.42 bits per heavy atom. The molecule has 0 aromatic rings. The van der Waals surface area contributed by atoms with Crippen molar-refractivity contribution in [3.63, 3.8) is 0 Å². The molecule has 0 aliphatic rings. The third-order valence-electron chi connectivity index (χ3n) is 1.69. The van der Waals surface area contributed by atoms with Crippen LogP contribution in [-0.2, 0) is 9.53 Å². The van der Waals surface area contributed by atoms with Gasteiger partial charge in [0.2, 0.25) is 0 Å². The normalized spacial score (nSPS) is 11.6. The summed E-state index contributed by atoms with van der Waals surface area (Å²) in [5.74, 6) is -0.118. The molecule has 1 unspecified atom stereocenters. The first-order chi connectivity index (χ1) is 5.26. The minimum absolute atomic E-state index is 0. The second kappa shape index (κ2) is 8.81. The molecule has 0 radical (unpaired) electrons. The van der Waals surface area contributed by atoms with Crippen LogP contribution in [0.2, 0.25) is 0 Å².